The Hall–Kier alpha value is 0.170. The second kappa shape index (κ2) is 3.05. The highest BCUT2D eigenvalue weighted by atomic mass is 35.5. The van der Waals surface area contributed by atoms with Gasteiger partial charge in [-0.25, -0.2) is 0 Å². The second-order valence-electron chi connectivity index (χ2n) is 2.83. The van der Waals surface area contributed by atoms with Crippen LogP contribution in [0.4, 0.5) is 0 Å². The quantitative estimate of drug-likeness (QED) is 0.288. The van der Waals surface area contributed by atoms with E-state index in [2.05, 4.69) is 5.32 Å². The molecular weight excluding hydrogens is 150 g/mol. The smallest absolute Gasteiger partial charge is 0.157 e. The van der Waals surface area contributed by atoms with Crippen LogP contribution in [0.1, 0.15) is 19.3 Å². The summed E-state index contributed by atoms with van der Waals surface area (Å²) in [4.78, 5) is 0. The van der Waals surface area contributed by atoms with Gasteiger partial charge >= 0.3 is 0 Å². The molecule has 1 rings (SSSR count). The van der Waals surface area contributed by atoms with Crippen LogP contribution in [0.25, 0.3) is 0 Å². The van der Waals surface area contributed by atoms with E-state index in [0.29, 0.717) is 0 Å². The van der Waals surface area contributed by atoms with Crippen molar-refractivity contribution >= 4 is 11.6 Å². The minimum absolute atomic E-state index is 0.0721. The van der Waals surface area contributed by atoms with E-state index in [0.717, 1.165) is 13.0 Å². The SMILES string of the molecule is NC(N)(Cl)C1CCCCN1. The molecule has 1 saturated heterocycles. The molecule has 3 nitrogen and oxygen atoms in total. The van der Waals surface area contributed by atoms with Crippen LogP contribution in [-0.2, 0) is 0 Å². The fourth-order valence-corrected chi connectivity index (χ4v) is 1.42. The van der Waals surface area contributed by atoms with Crippen molar-refractivity contribution in [3.05, 3.63) is 0 Å². The average molecular weight is 164 g/mol. The first-order chi connectivity index (χ1) is 4.61. The molecule has 0 bridgehead atoms. The summed E-state index contributed by atoms with van der Waals surface area (Å²) in [5, 5.41) is 2.11. The van der Waals surface area contributed by atoms with Crippen molar-refractivity contribution < 1.29 is 0 Å². The van der Waals surface area contributed by atoms with Gasteiger partial charge in [-0.15, -0.1) is 0 Å². The van der Waals surface area contributed by atoms with Gasteiger partial charge in [0.15, 0.2) is 5.12 Å². The number of hydrogen-bond donors (Lipinski definition) is 3. The number of alkyl halides is 1. The third-order valence-electron chi connectivity index (χ3n) is 1.84. The molecule has 4 heteroatoms. The Morgan fingerprint density at radius 3 is 2.40 bits per heavy atom. The minimum Gasteiger partial charge on any atom is -0.310 e. The Kier molecular flexibility index (Phi) is 2.52. The molecule has 0 aromatic carbocycles. The summed E-state index contributed by atoms with van der Waals surface area (Å²) < 4.78 is 0. The first-order valence-corrected chi connectivity index (χ1v) is 3.98. The molecule has 0 aromatic heterocycles. The molecule has 0 amide bonds. The zero-order valence-corrected chi connectivity index (χ0v) is 6.69. The van der Waals surface area contributed by atoms with Crippen LogP contribution in [0.5, 0.6) is 0 Å². The normalized spacial score (nSPS) is 28.5. The Morgan fingerprint density at radius 2 is 2.10 bits per heavy atom. The number of hydrogen-bond acceptors (Lipinski definition) is 3. The van der Waals surface area contributed by atoms with E-state index in [4.69, 9.17) is 23.1 Å². The lowest BCUT2D eigenvalue weighted by Crippen LogP contribution is -2.60. The van der Waals surface area contributed by atoms with Crippen LogP contribution in [-0.4, -0.2) is 17.7 Å². The first-order valence-electron chi connectivity index (χ1n) is 3.61. The number of piperidine rings is 1. The largest absolute Gasteiger partial charge is 0.310 e. The average Bonchev–Trinajstić information content (AvgIpc) is 1.88. The monoisotopic (exact) mass is 163 g/mol. The van der Waals surface area contributed by atoms with Gasteiger partial charge in [0.25, 0.3) is 0 Å². The molecule has 5 N–H and O–H groups in total. The van der Waals surface area contributed by atoms with Crippen molar-refractivity contribution in [3.8, 4) is 0 Å². The summed E-state index contributed by atoms with van der Waals surface area (Å²) >= 11 is 5.71. The van der Waals surface area contributed by atoms with Gasteiger partial charge in [0.2, 0.25) is 0 Å². The maximum atomic E-state index is 5.71. The molecule has 1 fully saturated rings. The first kappa shape index (κ1) is 8.27. The molecule has 0 radical (unpaired) electrons. The standard InChI is InChI=1S/C6H14ClN3/c7-6(8,9)5-3-1-2-4-10-5/h5,10H,1-4,8-9H2. The van der Waals surface area contributed by atoms with E-state index in [-0.39, 0.29) is 6.04 Å². The lowest BCUT2D eigenvalue weighted by atomic mass is 10.0. The second-order valence-corrected chi connectivity index (χ2v) is 3.48. The summed E-state index contributed by atoms with van der Waals surface area (Å²) in [6.45, 7) is 0.980. The zero-order chi connectivity index (χ0) is 7.61. The predicted octanol–water partition coefficient (Wildman–Crippen LogP) is -0.0615. The van der Waals surface area contributed by atoms with Crippen molar-refractivity contribution in [1.29, 1.82) is 0 Å². The molecule has 0 aliphatic carbocycles. The topological polar surface area (TPSA) is 64.1 Å². The number of nitrogens with two attached hydrogens (primary N) is 2. The van der Waals surface area contributed by atoms with Gasteiger partial charge in [-0.2, -0.15) is 0 Å². The molecular formula is C6H14ClN3. The van der Waals surface area contributed by atoms with E-state index in [1.54, 1.807) is 0 Å². The highest BCUT2D eigenvalue weighted by Crippen LogP contribution is 2.15. The molecule has 1 heterocycles. The maximum absolute atomic E-state index is 5.71. The molecule has 1 aliphatic heterocycles. The summed E-state index contributed by atoms with van der Waals surface area (Å²) in [5.74, 6) is 0. The van der Waals surface area contributed by atoms with Gasteiger partial charge in [-0.05, 0) is 19.4 Å². The van der Waals surface area contributed by atoms with Gasteiger partial charge in [-0.1, -0.05) is 18.0 Å². The number of rotatable bonds is 1. The molecule has 60 valence electrons. The van der Waals surface area contributed by atoms with Gasteiger partial charge in [0.05, 0.1) is 6.04 Å². The van der Waals surface area contributed by atoms with Gasteiger partial charge < -0.3 is 5.32 Å². The molecule has 0 saturated carbocycles. The maximum Gasteiger partial charge on any atom is 0.157 e. The number of halogens is 1. The van der Waals surface area contributed by atoms with Crippen molar-refractivity contribution in [3.63, 3.8) is 0 Å². The van der Waals surface area contributed by atoms with E-state index >= 15 is 0 Å². The highest BCUT2D eigenvalue weighted by Gasteiger charge is 2.28. The highest BCUT2D eigenvalue weighted by molar-refractivity contribution is 6.23. The molecule has 10 heavy (non-hydrogen) atoms. The van der Waals surface area contributed by atoms with Gasteiger partial charge in [0, 0.05) is 0 Å². The fourth-order valence-electron chi connectivity index (χ4n) is 1.23. The summed E-state index contributed by atoms with van der Waals surface area (Å²) in [7, 11) is 0. The third kappa shape index (κ3) is 2.09. The van der Waals surface area contributed by atoms with E-state index < -0.39 is 5.12 Å². The van der Waals surface area contributed by atoms with Crippen molar-refractivity contribution in [2.24, 2.45) is 11.5 Å². The fraction of sp³-hybridized carbons (Fsp3) is 1.00. The molecule has 1 atom stereocenters. The Labute approximate surface area is 66.1 Å². The Morgan fingerprint density at radius 1 is 1.40 bits per heavy atom. The third-order valence-corrected chi connectivity index (χ3v) is 2.11. The van der Waals surface area contributed by atoms with Gasteiger partial charge in [-0.3, -0.25) is 11.5 Å². The van der Waals surface area contributed by atoms with Crippen LogP contribution in [0, 0.1) is 0 Å². The van der Waals surface area contributed by atoms with Crippen molar-refractivity contribution in [2.75, 3.05) is 6.54 Å². The van der Waals surface area contributed by atoms with Crippen LogP contribution in [0.15, 0.2) is 0 Å². The van der Waals surface area contributed by atoms with E-state index in [9.17, 15) is 0 Å². The number of nitrogens with one attached hydrogen (secondary N) is 1. The molecule has 1 unspecified atom stereocenters. The molecule has 0 aromatic rings. The van der Waals surface area contributed by atoms with E-state index in [1.807, 2.05) is 0 Å². The molecule has 0 spiro atoms. The van der Waals surface area contributed by atoms with Crippen LogP contribution in [0.2, 0.25) is 0 Å². The van der Waals surface area contributed by atoms with Crippen molar-refractivity contribution in [2.45, 2.75) is 30.4 Å². The van der Waals surface area contributed by atoms with Crippen LogP contribution in [0.3, 0.4) is 0 Å². The summed E-state index contributed by atoms with van der Waals surface area (Å²) in [6, 6.07) is 0.0721. The Balaban J connectivity index is 2.39. The van der Waals surface area contributed by atoms with Crippen LogP contribution < -0.4 is 16.8 Å². The summed E-state index contributed by atoms with van der Waals surface area (Å²) in [5.41, 5.74) is 11.0. The Bertz CT molecular complexity index is 104. The summed E-state index contributed by atoms with van der Waals surface area (Å²) in [6.07, 6.45) is 3.35. The lowest BCUT2D eigenvalue weighted by molar-refractivity contribution is 0.327. The minimum atomic E-state index is -1.07. The predicted molar refractivity (Wildman–Crippen MR) is 42.6 cm³/mol. The zero-order valence-electron chi connectivity index (χ0n) is 5.94. The molecule has 1 aliphatic rings. The lowest BCUT2D eigenvalue weighted by Gasteiger charge is -2.32. The van der Waals surface area contributed by atoms with E-state index in [1.165, 1.54) is 12.8 Å². The van der Waals surface area contributed by atoms with Crippen molar-refractivity contribution in [1.82, 2.24) is 5.32 Å². The van der Waals surface area contributed by atoms with Crippen LogP contribution >= 0.6 is 11.6 Å². The van der Waals surface area contributed by atoms with Gasteiger partial charge in [0.1, 0.15) is 0 Å².